The van der Waals surface area contributed by atoms with Gasteiger partial charge in [0.05, 0.1) is 0 Å². The topological polar surface area (TPSA) is 97.9 Å². The van der Waals surface area contributed by atoms with Crippen LogP contribution in [0.3, 0.4) is 0 Å². The van der Waals surface area contributed by atoms with E-state index < -0.39 is 34.7 Å². The molecular formula is C22H26O7. The second-order valence-electron chi connectivity index (χ2n) is 10.0. The predicted molar refractivity (Wildman–Crippen MR) is 98.3 cm³/mol. The zero-order chi connectivity index (χ0) is 20.7. The number of esters is 2. The van der Waals surface area contributed by atoms with E-state index in [0.29, 0.717) is 17.6 Å². The van der Waals surface area contributed by atoms with Crippen LogP contribution < -0.4 is 0 Å². The van der Waals surface area contributed by atoms with Gasteiger partial charge in [-0.1, -0.05) is 19.1 Å². The first-order valence-corrected chi connectivity index (χ1v) is 10.4. The first-order valence-electron chi connectivity index (χ1n) is 10.4. The summed E-state index contributed by atoms with van der Waals surface area (Å²) in [6, 6.07) is 0. The Labute approximate surface area is 169 Å². The average molecular weight is 402 g/mol. The molecule has 156 valence electrons. The number of hydrogen-bond acceptors (Lipinski definition) is 7. The van der Waals surface area contributed by atoms with E-state index in [1.54, 1.807) is 6.92 Å². The van der Waals surface area contributed by atoms with Gasteiger partial charge in [-0.05, 0) is 32.6 Å². The standard InChI is InChI=1S/C22H26O7/c1-9-6-7-21(25)14(11(3)17(24)27-21)15-13(9)22-16(26-12(4)23)10(2)8-20(22,29-22)18-19(15,5)28-18/h10,13,15-16,18,25H,1,6-8H2,2-5H3/t10-,13-,15+,16-,18+,19+,20+,21+,22+/m1/s1. The summed E-state index contributed by atoms with van der Waals surface area (Å²) in [6.45, 7) is 11.6. The maximum absolute atomic E-state index is 12.4. The molecule has 29 heavy (non-hydrogen) atoms. The first-order chi connectivity index (χ1) is 13.5. The molecule has 0 aromatic heterocycles. The van der Waals surface area contributed by atoms with Crippen LogP contribution in [0.1, 0.15) is 47.0 Å². The molecule has 1 N–H and O–H groups in total. The van der Waals surface area contributed by atoms with Gasteiger partial charge in [-0.3, -0.25) is 4.79 Å². The van der Waals surface area contributed by atoms with Gasteiger partial charge in [-0.2, -0.15) is 0 Å². The van der Waals surface area contributed by atoms with Gasteiger partial charge < -0.3 is 24.1 Å². The van der Waals surface area contributed by atoms with Crippen molar-refractivity contribution in [1.82, 2.24) is 0 Å². The Kier molecular flexibility index (Phi) is 2.99. The van der Waals surface area contributed by atoms with Gasteiger partial charge in [0.15, 0.2) is 0 Å². The van der Waals surface area contributed by atoms with Crippen LogP contribution in [0.2, 0.25) is 0 Å². The van der Waals surface area contributed by atoms with Gasteiger partial charge in [0.25, 0.3) is 0 Å². The quantitative estimate of drug-likeness (QED) is 0.406. The molecule has 7 nitrogen and oxygen atoms in total. The minimum Gasteiger partial charge on any atom is -0.459 e. The molecule has 3 aliphatic heterocycles. The molecule has 3 aliphatic carbocycles. The maximum Gasteiger partial charge on any atom is 0.336 e. The highest BCUT2D eigenvalue weighted by molar-refractivity contribution is 5.92. The van der Waals surface area contributed by atoms with Gasteiger partial charge in [0, 0.05) is 36.3 Å². The number of carbonyl (C=O) groups is 2. The molecule has 0 amide bonds. The zero-order valence-corrected chi connectivity index (χ0v) is 17.1. The summed E-state index contributed by atoms with van der Waals surface area (Å²) >= 11 is 0. The Morgan fingerprint density at radius 2 is 2.07 bits per heavy atom. The van der Waals surface area contributed by atoms with Gasteiger partial charge in [0.1, 0.15) is 29.0 Å². The van der Waals surface area contributed by atoms with Crippen molar-refractivity contribution in [1.29, 1.82) is 0 Å². The second-order valence-corrected chi connectivity index (χ2v) is 10.0. The van der Waals surface area contributed by atoms with E-state index in [4.69, 9.17) is 18.9 Å². The molecule has 6 rings (SSSR count). The predicted octanol–water partition coefficient (Wildman–Crippen LogP) is 1.78. The van der Waals surface area contributed by atoms with Crippen LogP contribution in [0.25, 0.3) is 0 Å². The highest BCUT2D eigenvalue weighted by Gasteiger charge is 2.96. The molecule has 0 aromatic carbocycles. The summed E-state index contributed by atoms with van der Waals surface area (Å²) in [6.07, 6.45) is 0.910. The molecule has 0 radical (unpaired) electrons. The molecule has 7 heteroatoms. The Morgan fingerprint density at radius 3 is 2.76 bits per heavy atom. The van der Waals surface area contributed by atoms with E-state index in [1.165, 1.54) is 6.92 Å². The SMILES string of the molecule is C=C1CC[C@]2(O)OC(=O)C(C)=C2[C@@H]2[C@@H]1[C@@]13O[C@@]1(C[C@@H](C)[C@H]3OC(C)=O)[C@H]1O[C@@]21C. The van der Waals surface area contributed by atoms with E-state index >= 15 is 0 Å². The minimum absolute atomic E-state index is 0.117. The number of epoxide rings is 2. The summed E-state index contributed by atoms with van der Waals surface area (Å²) in [5.74, 6) is -2.90. The third kappa shape index (κ3) is 1.75. The van der Waals surface area contributed by atoms with E-state index in [9.17, 15) is 14.7 Å². The lowest BCUT2D eigenvalue weighted by Gasteiger charge is -2.41. The molecule has 6 aliphatic rings. The van der Waals surface area contributed by atoms with Crippen molar-refractivity contribution in [2.45, 2.75) is 81.8 Å². The summed E-state index contributed by atoms with van der Waals surface area (Å²) in [4.78, 5) is 24.3. The van der Waals surface area contributed by atoms with Crippen molar-refractivity contribution in [3.05, 3.63) is 23.3 Å². The summed E-state index contributed by atoms with van der Waals surface area (Å²) < 4.78 is 24.1. The Bertz CT molecular complexity index is 937. The van der Waals surface area contributed by atoms with Crippen LogP contribution in [-0.4, -0.2) is 51.8 Å². The monoisotopic (exact) mass is 402 g/mol. The maximum atomic E-state index is 12.4. The van der Waals surface area contributed by atoms with Gasteiger partial charge in [0.2, 0.25) is 5.79 Å². The fourth-order valence-corrected chi connectivity index (χ4v) is 7.46. The number of rotatable bonds is 1. The third-order valence-corrected chi connectivity index (χ3v) is 8.43. The van der Waals surface area contributed by atoms with Crippen molar-refractivity contribution in [3.63, 3.8) is 0 Å². The molecule has 3 saturated carbocycles. The van der Waals surface area contributed by atoms with E-state index in [1.807, 2.05) is 6.92 Å². The van der Waals surface area contributed by atoms with Crippen molar-refractivity contribution in [2.24, 2.45) is 17.8 Å². The Morgan fingerprint density at radius 1 is 1.34 bits per heavy atom. The van der Waals surface area contributed by atoms with Crippen LogP contribution >= 0.6 is 0 Å². The molecule has 0 aromatic rings. The second kappa shape index (κ2) is 4.79. The van der Waals surface area contributed by atoms with Crippen LogP contribution in [0, 0.1) is 17.8 Å². The van der Waals surface area contributed by atoms with Crippen LogP contribution in [0.15, 0.2) is 23.3 Å². The molecule has 0 bridgehead atoms. The molecule has 9 atom stereocenters. The molecule has 3 heterocycles. The first kappa shape index (κ1) is 18.1. The highest BCUT2D eigenvalue weighted by Crippen LogP contribution is 2.81. The number of ether oxygens (including phenoxy) is 4. The zero-order valence-electron chi connectivity index (χ0n) is 17.1. The molecule has 0 spiro atoms. The molecular weight excluding hydrogens is 376 g/mol. The smallest absolute Gasteiger partial charge is 0.336 e. The lowest BCUT2D eigenvalue weighted by atomic mass is 9.58. The molecule has 0 unspecified atom stereocenters. The van der Waals surface area contributed by atoms with Crippen LogP contribution in [-0.2, 0) is 28.5 Å². The third-order valence-electron chi connectivity index (χ3n) is 8.43. The minimum atomic E-state index is -1.64. The fourth-order valence-electron chi connectivity index (χ4n) is 7.46. The summed E-state index contributed by atoms with van der Waals surface area (Å²) in [5, 5.41) is 11.3. The fraction of sp³-hybridized carbons (Fsp3) is 0.727. The van der Waals surface area contributed by atoms with E-state index in [-0.39, 0.29) is 36.2 Å². The van der Waals surface area contributed by atoms with E-state index in [0.717, 1.165) is 12.0 Å². The number of aliphatic hydroxyl groups is 1. The number of fused-ring (bicyclic) bond motifs is 5. The Hall–Kier alpha value is -1.70. The van der Waals surface area contributed by atoms with Gasteiger partial charge >= 0.3 is 11.9 Å². The van der Waals surface area contributed by atoms with Crippen LogP contribution in [0.5, 0.6) is 0 Å². The normalized spacial score (nSPS) is 56.4. The molecule has 2 saturated heterocycles. The van der Waals surface area contributed by atoms with E-state index in [2.05, 4.69) is 13.5 Å². The van der Waals surface area contributed by atoms with Crippen LogP contribution in [0.4, 0.5) is 0 Å². The lowest BCUT2D eigenvalue weighted by molar-refractivity contribution is -0.185. The molecule has 5 fully saturated rings. The Balaban J connectivity index is 1.57. The highest BCUT2D eigenvalue weighted by atomic mass is 16.7. The van der Waals surface area contributed by atoms with Crippen molar-refractivity contribution in [3.8, 4) is 0 Å². The van der Waals surface area contributed by atoms with Crippen molar-refractivity contribution >= 4 is 11.9 Å². The average Bonchev–Trinajstić information content (AvgIpc) is 3.46. The van der Waals surface area contributed by atoms with Crippen molar-refractivity contribution in [2.75, 3.05) is 0 Å². The summed E-state index contributed by atoms with van der Waals surface area (Å²) in [7, 11) is 0. The number of hydrogen-bond donors (Lipinski definition) is 1. The largest absolute Gasteiger partial charge is 0.459 e. The van der Waals surface area contributed by atoms with Crippen molar-refractivity contribution < 1.29 is 33.6 Å². The number of carbonyl (C=O) groups excluding carboxylic acids is 2. The van der Waals surface area contributed by atoms with Gasteiger partial charge in [-0.15, -0.1) is 0 Å². The van der Waals surface area contributed by atoms with Gasteiger partial charge in [-0.25, -0.2) is 4.79 Å². The lowest BCUT2D eigenvalue weighted by Crippen LogP contribution is -2.55. The summed E-state index contributed by atoms with van der Waals surface area (Å²) in [5.41, 5.74) is 0.137.